The summed E-state index contributed by atoms with van der Waals surface area (Å²) in [6.07, 6.45) is 0. The highest BCUT2D eigenvalue weighted by molar-refractivity contribution is 5.94. The maximum atomic E-state index is 12.7. The van der Waals surface area contributed by atoms with E-state index in [4.69, 9.17) is 0 Å². The van der Waals surface area contributed by atoms with E-state index in [9.17, 15) is 4.79 Å². The van der Waals surface area contributed by atoms with Crippen LogP contribution in [0.25, 0.3) is 11.0 Å². The highest BCUT2D eigenvalue weighted by atomic mass is 16.2. The molecule has 5 heteroatoms. The summed E-state index contributed by atoms with van der Waals surface area (Å²) >= 11 is 0. The molecule has 0 saturated carbocycles. The standard InChI is InChI=1S/C21H24N4O/c1-15-7-8-17(13-16(15)2)21(26)25-11-9-24(10-12-25)14-20-22-18-5-3-4-6-19(18)23-20/h3-8,13H,9-12,14H2,1-2H3,(H,22,23). The quantitative estimate of drug-likeness (QED) is 0.791. The van der Waals surface area contributed by atoms with Crippen molar-refractivity contribution in [2.75, 3.05) is 26.2 Å². The van der Waals surface area contributed by atoms with E-state index in [1.54, 1.807) is 0 Å². The van der Waals surface area contributed by atoms with Gasteiger partial charge in [0.1, 0.15) is 5.82 Å². The molecule has 1 aromatic heterocycles. The van der Waals surface area contributed by atoms with Gasteiger partial charge in [0.2, 0.25) is 0 Å². The van der Waals surface area contributed by atoms with Gasteiger partial charge in [0.05, 0.1) is 17.6 Å². The monoisotopic (exact) mass is 348 g/mol. The number of aromatic amines is 1. The smallest absolute Gasteiger partial charge is 0.253 e. The fourth-order valence-electron chi connectivity index (χ4n) is 3.46. The molecule has 1 aliphatic heterocycles. The Bertz CT molecular complexity index is 905. The fourth-order valence-corrected chi connectivity index (χ4v) is 3.46. The Morgan fingerprint density at radius 1 is 1.04 bits per heavy atom. The average Bonchev–Trinajstić information content (AvgIpc) is 3.06. The Morgan fingerprint density at radius 3 is 2.54 bits per heavy atom. The summed E-state index contributed by atoms with van der Waals surface area (Å²) in [5.41, 5.74) is 5.26. The molecule has 0 bridgehead atoms. The molecule has 1 fully saturated rings. The molecule has 0 atom stereocenters. The summed E-state index contributed by atoms with van der Waals surface area (Å²) in [6, 6.07) is 14.1. The number of amides is 1. The average molecular weight is 348 g/mol. The number of benzene rings is 2. The second-order valence-corrected chi connectivity index (χ2v) is 7.07. The highest BCUT2D eigenvalue weighted by Crippen LogP contribution is 2.15. The number of para-hydroxylation sites is 2. The number of H-pyrrole nitrogens is 1. The number of carbonyl (C=O) groups is 1. The van der Waals surface area contributed by atoms with Crippen LogP contribution in [0.3, 0.4) is 0 Å². The second-order valence-electron chi connectivity index (χ2n) is 7.07. The molecule has 5 nitrogen and oxygen atoms in total. The number of nitrogens with zero attached hydrogens (tertiary/aromatic N) is 3. The maximum Gasteiger partial charge on any atom is 0.253 e. The van der Waals surface area contributed by atoms with Crippen LogP contribution < -0.4 is 0 Å². The Hall–Kier alpha value is -2.66. The van der Waals surface area contributed by atoms with Crippen LogP contribution >= 0.6 is 0 Å². The van der Waals surface area contributed by atoms with Crippen LogP contribution in [0, 0.1) is 13.8 Å². The molecule has 26 heavy (non-hydrogen) atoms. The third-order valence-corrected chi connectivity index (χ3v) is 5.23. The predicted molar refractivity (Wildman–Crippen MR) is 103 cm³/mol. The van der Waals surface area contributed by atoms with Crippen LogP contribution in [-0.2, 0) is 6.54 Å². The number of aryl methyl sites for hydroxylation is 2. The van der Waals surface area contributed by atoms with Crippen molar-refractivity contribution in [3.63, 3.8) is 0 Å². The van der Waals surface area contributed by atoms with Gasteiger partial charge in [0.25, 0.3) is 5.91 Å². The molecule has 0 spiro atoms. The summed E-state index contributed by atoms with van der Waals surface area (Å²) in [4.78, 5) is 25.1. The first-order chi connectivity index (χ1) is 12.6. The van der Waals surface area contributed by atoms with Crippen LogP contribution in [0.15, 0.2) is 42.5 Å². The minimum atomic E-state index is 0.136. The molecule has 4 rings (SSSR count). The van der Waals surface area contributed by atoms with Crippen molar-refractivity contribution in [3.05, 3.63) is 65.0 Å². The Balaban J connectivity index is 1.37. The van der Waals surface area contributed by atoms with Gasteiger partial charge in [0.15, 0.2) is 0 Å². The molecular formula is C21H24N4O. The lowest BCUT2D eigenvalue weighted by molar-refractivity contribution is 0.0626. The molecule has 0 unspecified atom stereocenters. The van der Waals surface area contributed by atoms with E-state index >= 15 is 0 Å². The molecule has 1 saturated heterocycles. The number of carbonyl (C=O) groups excluding carboxylic acids is 1. The van der Waals surface area contributed by atoms with Gasteiger partial charge in [-0.05, 0) is 49.2 Å². The van der Waals surface area contributed by atoms with E-state index in [0.29, 0.717) is 0 Å². The van der Waals surface area contributed by atoms with Gasteiger partial charge >= 0.3 is 0 Å². The van der Waals surface area contributed by atoms with E-state index in [0.717, 1.165) is 55.1 Å². The molecule has 3 aromatic rings. The number of rotatable bonds is 3. The number of fused-ring (bicyclic) bond motifs is 1. The number of hydrogen-bond donors (Lipinski definition) is 1. The van der Waals surface area contributed by atoms with Crippen LogP contribution in [0.1, 0.15) is 27.3 Å². The SMILES string of the molecule is Cc1ccc(C(=O)N2CCN(Cc3nc4ccccc4[nH]3)CC2)cc1C. The predicted octanol–water partition coefficient (Wildman–Crippen LogP) is 3.14. The number of piperazine rings is 1. The number of hydrogen-bond acceptors (Lipinski definition) is 3. The lowest BCUT2D eigenvalue weighted by Gasteiger charge is -2.34. The first-order valence-electron chi connectivity index (χ1n) is 9.13. The molecule has 0 radical (unpaired) electrons. The molecule has 1 amide bonds. The minimum absolute atomic E-state index is 0.136. The summed E-state index contributed by atoms with van der Waals surface area (Å²) in [5.74, 6) is 1.12. The van der Waals surface area contributed by atoms with Crippen molar-refractivity contribution >= 4 is 16.9 Å². The molecule has 2 aromatic carbocycles. The highest BCUT2D eigenvalue weighted by Gasteiger charge is 2.23. The van der Waals surface area contributed by atoms with Crippen molar-refractivity contribution in [2.45, 2.75) is 20.4 Å². The van der Waals surface area contributed by atoms with Gasteiger partial charge in [0, 0.05) is 31.7 Å². The minimum Gasteiger partial charge on any atom is -0.341 e. The van der Waals surface area contributed by atoms with Crippen LogP contribution in [0.2, 0.25) is 0 Å². The molecule has 2 heterocycles. The van der Waals surface area contributed by atoms with E-state index in [1.165, 1.54) is 11.1 Å². The lowest BCUT2D eigenvalue weighted by Crippen LogP contribution is -2.48. The third-order valence-electron chi connectivity index (χ3n) is 5.23. The lowest BCUT2D eigenvalue weighted by atomic mass is 10.1. The largest absolute Gasteiger partial charge is 0.341 e. The zero-order valence-corrected chi connectivity index (χ0v) is 15.3. The van der Waals surface area contributed by atoms with Crippen molar-refractivity contribution < 1.29 is 4.79 Å². The summed E-state index contributed by atoms with van der Waals surface area (Å²) in [5, 5.41) is 0. The van der Waals surface area contributed by atoms with Gasteiger partial charge in [-0.1, -0.05) is 18.2 Å². The van der Waals surface area contributed by atoms with Crippen LogP contribution in [0.4, 0.5) is 0 Å². The zero-order valence-electron chi connectivity index (χ0n) is 15.3. The second kappa shape index (κ2) is 6.92. The molecular weight excluding hydrogens is 324 g/mol. The van der Waals surface area contributed by atoms with Gasteiger partial charge in [-0.25, -0.2) is 4.98 Å². The molecule has 1 aliphatic rings. The first kappa shape index (κ1) is 16.8. The summed E-state index contributed by atoms with van der Waals surface area (Å²) < 4.78 is 0. The van der Waals surface area contributed by atoms with Gasteiger partial charge in [-0.2, -0.15) is 0 Å². The van der Waals surface area contributed by atoms with Crippen molar-refractivity contribution in [1.82, 2.24) is 19.8 Å². The van der Waals surface area contributed by atoms with Crippen LogP contribution in [0.5, 0.6) is 0 Å². The topological polar surface area (TPSA) is 52.2 Å². The first-order valence-corrected chi connectivity index (χ1v) is 9.13. The molecule has 1 N–H and O–H groups in total. The van der Waals surface area contributed by atoms with Gasteiger partial charge in [-0.15, -0.1) is 0 Å². The van der Waals surface area contributed by atoms with Crippen molar-refractivity contribution in [1.29, 1.82) is 0 Å². The van der Waals surface area contributed by atoms with E-state index < -0.39 is 0 Å². The summed E-state index contributed by atoms with van der Waals surface area (Å²) in [6.45, 7) is 8.16. The van der Waals surface area contributed by atoms with Crippen molar-refractivity contribution in [2.24, 2.45) is 0 Å². The fraction of sp³-hybridized carbons (Fsp3) is 0.333. The maximum absolute atomic E-state index is 12.7. The Labute approximate surface area is 153 Å². The Kier molecular flexibility index (Phi) is 4.47. The van der Waals surface area contributed by atoms with Gasteiger partial charge in [-0.3, -0.25) is 9.69 Å². The number of imidazole rings is 1. The summed E-state index contributed by atoms with van der Waals surface area (Å²) in [7, 11) is 0. The van der Waals surface area contributed by atoms with E-state index in [2.05, 4.69) is 28.7 Å². The number of nitrogens with one attached hydrogen (secondary N) is 1. The Morgan fingerprint density at radius 2 is 1.81 bits per heavy atom. The van der Waals surface area contributed by atoms with Crippen molar-refractivity contribution in [3.8, 4) is 0 Å². The van der Waals surface area contributed by atoms with Gasteiger partial charge < -0.3 is 9.88 Å². The van der Waals surface area contributed by atoms with E-state index in [1.807, 2.05) is 47.4 Å². The number of aromatic nitrogens is 2. The third kappa shape index (κ3) is 3.35. The molecule has 134 valence electrons. The normalized spacial score (nSPS) is 15.5. The van der Waals surface area contributed by atoms with E-state index in [-0.39, 0.29) is 5.91 Å². The zero-order chi connectivity index (χ0) is 18.1. The van der Waals surface area contributed by atoms with Crippen LogP contribution in [-0.4, -0.2) is 51.9 Å². The molecule has 0 aliphatic carbocycles.